The lowest BCUT2D eigenvalue weighted by Gasteiger charge is -2.14. The Balaban J connectivity index is 1.75. The third-order valence-electron chi connectivity index (χ3n) is 4.47. The Hall–Kier alpha value is -1.97. The number of nitrogens with zero attached hydrogens (tertiary/aromatic N) is 1. The predicted molar refractivity (Wildman–Crippen MR) is 124 cm³/mol. The second-order valence-corrected chi connectivity index (χ2v) is 9.17. The highest BCUT2D eigenvalue weighted by Crippen LogP contribution is 2.43. The molecule has 0 unspecified atom stereocenters. The number of imide groups is 1. The van der Waals surface area contributed by atoms with Gasteiger partial charge in [-0.15, -0.1) is 0 Å². The number of aromatic hydroxyl groups is 1. The number of rotatable bonds is 6. The molecule has 0 saturated carbocycles. The van der Waals surface area contributed by atoms with Crippen molar-refractivity contribution in [3.8, 4) is 17.2 Å². The molecule has 0 bridgehead atoms. The molecule has 3 rings (SSSR count). The molecule has 9 heteroatoms. The van der Waals surface area contributed by atoms with E-state index in [1.807, 2.05) is 32.0 Å². The molecule has 2 aromatic rings. The van der Waals surface area contributed by atoms with E-state index in [9.17, 15) is 14.7 Å². The van der Waals surface area contributed by atoms with Crippen LogP contribution in [0.1, 0.15) is 16.7 Å². The average molecular weight is 557 g/mol. The van der Waals surface area contributed by atoms with Crippen molar-refractivity contribution in [3.05, 3.63) is 54.8 Å². The Labute approximate surface area is 195 Å². The van der Waals surface area contributed by atoms with Crippen molar-refractivity contribution < 1.29 is 24.2 Å². The number of methoxy groups -OCH3 is 1. The predicted octanol–water partition coefficient (Wildman–Crippen LogP) is 5.66. The van der Waals surface area contributed by atoms with Crippen LogP contribution >= 0.6 is 43.6 Å². The zero-order valence-corrected chi connectivity index (χ0v) is 20.5. The number of phenols is 1. The first kappa shape index (κ1) is 22.7. The monoisotopic (exact) mass is 555 g/mol. The minimum atomic E-state index is -0.385. The largest absolute Gasteiger partial charge is 0.503 e. The van der Waals surface area contributed by atoms with Gasteiger partial charge in [0.25, 0.3) is 11.1 Å². The van der Waals surface area contributed by atoms with Gasteiger partial charge in [0.05, 0.1) is 23.0 Å². The Kier molecular flexibility index (Phi) is 7.15. The number of amides is 2. The van der Waals surface area contributed by atoms with E-state index in [0.717, 1.165) is 28.6 Å². The standard InChI is InChI=1S/C21H19Br2NO5S/c1-11-4-5-12(2)14(8-11)29-7-6-24-20(26)16(30-21(24)27)10-13-9-15(28-3)19(25)18(23)17(13)22/h4-5,8-10,25H,6-7H2,1-3H3/b16-10-. The molecule has 1 aliphatic rings. The fraction of sp³-hybridized carbons (Fsp3) is 0.238. The van der Waals surface area contributed by atoms with E-state index in [1.165, 1.54) is 12.0 Å². The van der Waals surface area contributed by atoms with Gasteiger partial charge in [-0.25, -0.2) is 0 Å². The van der Waals surface area contributed by atoms with Crippen molar-refractivity contribution in [2.75, 3.05) is 20.3 Å². The number of halogens is 2. The van der Waals surface area contributed by atoms with Crippen molar-refractivity contribution in [2.45, 2.75) is 13.8 Å². The first-order valence-electron chi connectivity index (χ1n) is 8.93. The minimum absolute atomic E-state index is 0.0572. The molecule has 1 saturated heterocycles. The van der Waals surface area contributed by atoms with Gasteiger partial charge in [-0.2, -0.15) is 0 Å². The van der Waals surface area contributed by atoms with Crippen LogP contribution in [0.4, 0.5) is 4.79 Å². The number of ether oxygens (including phenoxy) is 2. The number of aryl methyl sites for hydroxylation is 2. The lowest BCUT2D eigenvalue weighted by molar-refractivity contribution is -0.123. The molecule has 2 amide bonds. The van der Waals surface area contributed by atoms with Crippen LogP contribution in [-0.2, 0) is 4.79 Å². The zero-order valence-electron chi connectivity index (χ0n) is 16.5. The second kappa shape index (κ2) is 9.45. The Morgan fingerprint density at radius 2 is 1.87 bits per heavy atom. The van der Waals surface area contributed by atoms with E-state index in [4.69, 9.17) is 9.47 Å². The lowest BCUT2D eigenvalue weighted by Crippen LogP contribution is -2.32. The molecular weight excluding hydrogens is 538 g/mol. The van der Waals surface area contributed by atoms with Gasteiger partial charge in [0.15, 0.2) is 11.5 Å². The summed E-state index contributed by atoms with van der Waals surface area (Å²) in [4.78, 5) is 26.6. The van der Waals surface area contributed by atoms with E-state index < -0.39 is 0 Å². The smallest absolute Gasteiger partial charge is 0.293 e. The van der Waals surface area contributed by atoms with Gasteiger partial charge in [-0.1, -0.05) is 12.1 Å². The van der Waals surface area contributed by atoms with Crippen LogP contribution in [0.15, 0.2) is 38.1 Å². The zero-order chi connectivity index (χ0) is 22.0. The van der Waals surface area contributed by atoms with Crippen molar-refractivity contribution in [1.82, 2.24) is 4.90 Å². The highest BCUT2D eigenvalue weighted by Gasteiger charge is 2.35. The van der Waals surface area contributed by atoms with Crippen molar-refractivity contribution in [2.24, 2.45) is 0 Å². The molecule has 2 aromatic carbocycles. The van der Waals surface area contributed by atoms with Crippen LogP contribution in [0.2, 0.25) is 0 Å². The van der Waals surface area contributed by atoms with Gasteiger partial charge in [0, 0.05) is 4.47 Å². The summed E-state index contributed by atoms with van der Waals surface area (Å²) >= 11 is 7.54. The van der Waals surface area contributed by atoms with Gasteiger partial charge in [-0.3, -0.25) is 14.5 Å². The van der Waals surface area contributed by atoms with Gasteiger partial charge in [0.1, 0.15) is 12.4 Å². The van der Waals surface area contributed by atoms with Gasteiger partial charge in [-0.05, 0) is 92.4 Å². The number of hydrogen-bond donors (Lipinski definition) is 1. The maximum Gasteiger partial charge on any atom is 0.293 e. The molecule has 0 atom stereocenters. The highest BCUT2D eigenvalue weighted by atomic mass is 79.9. The van der Waals surface area contributed by atoms with Crippen molar-refractivity contribution in [3.63, 3.8) is 0 Å². The van der Waals surface area contributed by atoms with Crippen LogP contribution < -0.4 is 9.47 Å². The second-order valence-electron chi connectivity index (χ2n) is 6.60. The molecule has 1 aliphatic heterocycles. The molecule has 0 aliphatic carbocycles. The third kappa shape index (κ3) is 4.68. The first-order chi connectivity index (χ1) is 14.2. The summed E-state index contributed by atoms with van der Waals surface area (Å²) in [6.45, 7) is 4.28. The summed E-state index contributed by atoms with van der Waals surface area (Å²) in [5, 5.41) is 9.71. The number of hydrogen-bond acceptors (Lipinski definition) is 6. The molecule has 0 aromatic heterocycles. The molecule has 1 N–H and O–H groups in total. The SMILES string of the molecule is COc1cc(/C=C2\SC(=O)N(CCOc3cc(C)ccc3C)C2=O)c(Br)c(Br)c1O. The quantitative estimate of drug-likeness (QED) is 0.463. The van der Waals surface area contributed by atoms with Crippen molar-refractivity contribution in [1.29, 1.82) is 0 Å². The molecule has 1 heterocycles. The summed E-state index contributed by atoms with van der Waals surface area (Å²) in [5.74, 6) is 0.544. The molecule has 30 heavy (non-hydrogen) atoms. The third-order valence-corrected chi connectivity index (χ3v) is 7.54. The topological polar surface area (TPSA) is 76.1 Å². The fourth-order valence-electron chi connectivity index (χ4n) is 2.82. The number of phenolic OH excluding ortho intramolecular Hbond substituents is 1. The van der Waals surface area contributed by atoms with Crippen LogP contribution in [0.25, 0.3) is 6.08 Å². The van der Waals surface area contributed by atoms with E-state index in [-0.39, 0.29) is 40.7 Å². The van der Waals surface area contributed by atoms with Crippen LogP contribution in [0.5, 0.6) is 17.2 Å². The molecular formula is C21H19Br2NO5S. The van der Waals surface area contributed by atoms with Gasteiger partial charge < -0.3 is 14.6 Å². The summed E-state index contributed by atoms with van der Waals surface area (Å²) in [6.07, 6.45) is 1.59. The number of carbonyl (C=O) groups is 2. The minimum Gasteiger partial charge on any atom is -0.503 e. The Morgan fingerprint density at radius 3 is 2.57 bits per heavy atom. The summed E-state index contributed by atoms with van der Waals surface area (Å²) in [6, 6.07) is 7.48. The Morgan fingerprint density at radius 1 is 1.13 bits per heavy atom. The number of carbonyl (C=O) groups excluding carboxylic acids is 2. The van der Waals surface area contributed by atoms with E-state index >= 15 is 0 Å². The first-order valence-corrected chi connectivity index (χ1v) is 11.3. The number of benzene rings is 2. The van der Waals surface area contributed by atoms with E-state index in [0.29, 0.717) is 14.5 Å². The van der Waals surface area contributed by atoms with Crippen LogP contribution in [0.3, 0.4) is 0 Å². The molecule has 0 radical (unpaired) electrons. The summed E-state index contributed by atoms with van der Waals surface area (Å²) in [7, 11) is 1.43. The summed E-state index contributed by atoms with van der Waals surface area (Å²) in [5.41, 5.74) is 2.66. The van der Waals surface area contributed by atoms with Crippen LogP contribution in [0, 0.1) is 13.8 Å². The number of thioether (sulfide) groups is 1. The van der Waals surface area contributed by atoms with E-state index in [1.54, 1.807) is 12.1 Å². The van der Waals surface area contributed by atoms with E-state index in [2.05, 4.69) is 31.9 Å². The normalized spacial score (nSPS) is 15.2. The maximum absolute atomic E-state index is 12.8. The average Bonchev–Trinajstić information content (AvgIpc) is 2.98. The highest BCUT2D eigenvalue weighted by molar-refractivity contribution is 9.13. The molecule has 158 valence electrons. The molecule has 1 fully saturated rings. The van der Waals surface area contributed by atoms with Crippen LogP contribution in [-0.4, -0.2) is 41.4 Å². The maximum atomic E-state index is 12.8. The van der Waals surface area contributed by atoms with Crippen molar-refractivity contribution >= 4 is 60.8 Å². The molecule has 0 spiro atoms. The Bertz CT molecular complexity index is 1050. The molecule has 6 nitrogen and oxygen atoms in total. The summed E-state index contributed by atoms with van der Waals surface area (Å²) < 4.78 is 11.9. The fourth-order valence-corrected chi connectivity index (χ4v) is 4.51. The van der Waals surface area contributed by atoms with Gasteiger partial charge in [0.2, 0.25) is 0 Å². The lowest BCUT2D eigenvalue weighted by atomic mass is 10.1. The van der Waals surface area contributed by atoms with Gasteiger partial charge >= 0.3 is 0 Å².